The predicted molar refractivity (Wildman–Crippen MR) is 110 cm³/mol. The lowest BCUT2D eigenvalue weighted by molar-refractivity contribution is -0.117. The fraction of sp³-hybridized carbons (Fsp3) is 0.227. The van der Waals surface area contributed by atoms with Crippen LogP contribution in [0.2, 0.25) is 0 Å². The van der Waals surface area contributed by atoms with Crippen molar-refractivity contribution in [2.75, 3.05) is 30.0 Å². The van der Waals surface area contributed by atoms with Gasteiger partial charge in [0, 0.05) is 43.2 Å². The molecule has 1 aliphatic rings. The number of carbonyl (C=O) groups excluding carboxylic acids is 2. The van der Waals surface area contributed by atoms with Gasteiger partial charge >= 0.3 is 0 Å². The summed E-state index contributed by atoms with van der Waals surface area (Å²) in [6.45, 7) is 2.74. The van der Waals surface area contributed by atoms with Crippen molar-refractivity contribution in [2.24, 2.45) is 0 Å². The summed E-state index contributed by atoms with van der Waals surface area (Å²) in [5.74, 6) is 0.943. The standard InChI is InChI=1S/C22H21N3O4/c1-15(26)25(18-6-2-4-16-5-3-10-23-22(16)18)11-9-21(27)24-17-7-8-19-20(14-17)29-13-12-28-19/h2-8,10,14H,9,11-13H2,1H3,(H,24,27). The number of nitrogens with zero attached hydrogens (tertiary/aromatic N) is 2. The van der Waals surface area contributed by atoms with Gasteiger partial charge in [-0.2, -0.15) is 0 Å². The van der Waals surface area contributed by atoms with Crippen molar-refractivity contribution in [1.82, 2.24) is 4.98 Å². The number of fused-ring (bicyclic) bond motifs is 2. The van der Waals surface area contributed by atoms with Crippen molar-refractivity contribution in [3.05, 3.63) is 54.7 Å². The Kier molecular flexibility index (Phi) is 5.29. The Balaban J connectivity index is 1.46. The summed E-state index contributed by atoms with van der Waals surface area (Å²) in [4.78, 5) is 30.7. The lowest BCUT2D eigenvalue weighted by Gasteiger charge is -2.22. The Morgan fingerprint density at radius 2 is 1.86 bits per heavy atom. The molecule has 0 aliphatic carbocycles. The molecule has 2 amide bonds. The Morgan fingerprint density at radius 3 is 2.69 bits per heavy atom. The number of rotatable bonds is 5. The normalized spacial score (nSPS) is 12.4. The Hall–Kier alpha value is -3.61. The monoisotopic (exact) mass is 391 g/mol. The highest BCUT2D eigenvalue weighted by molar-refractivity contribution is 6.02. The van der Waals surface area contributed by atoms with Crippen molar-refractivity contribution < 1.29 is 19.1 Å². The molecule has 29 heavy (non-hydrogen) atoms. The van der Waals surface area contributed by atoms with E-state index in [1.807, 2.05) is 30.3 Å². The maximum atomic E-state index is 12.5. The fourth-order valence-electron chi connectivity index (χ4n) is 3.31. The Labute approximate surface area is 168 Å². The van der Waals surface area contributed by atoms with Crippen LogP contribution in [0.15, 0.2) is 54.7 Å². The predicted octanol–water partition coefficient (Wildman–Crippen LogP) is 3.39. The highest BCUT2D eigenvalue weighted by Gasteiger charge is 2.17. The number of ether oxygens (including phenoxy) is 2. The maximum absolute atomic E-state index is 12.5. The molecule has 0 unspecified atom stereocenters. The summed E-state index contributed by atoms with van der Waals surface area (Å²) < 4.78 is 11.0. The number of hydrogen-bond acceptors (Lipinski definition) is 5. The van der Waals surface area contributed by atoms with Gasteiger partial charge in [-0.25, -0.2) is 0 Å². The van der Waals surface area contributed by atoms with Crippen LogP contribution in [0.3, 0.4) is 0 Å². The van der Waals surface area contributed by atoms with Gasteiger partial charge in [-0.05, 0) is 24.3 Å². The van der Waals surface area contributed by atoms with Gasteiger partial charge in [0.15, 0.2) is 11.5 Å². The summed E-state index contributed by atoms with van der Waals surface area (Å²) in [7, 11) is 0. The number of para-hydroxylation sites is 1. The summed E-state index contributed by atoms with van der Waals surface area (Å²) in [5.41, 5.74) is 2.06. The minimum absolute atomic E-state index is 0.143. The summed E-state index contributed by atoms with van der Waals surface area (Å²) in [5, 5.41) is 3.79. The molecule has 1 aromatic heterocycles. The first-order valence-electron chi connectivity index (χ1n) is 9.43. The second-order valence-electron chi connectivity index (χ2n) is 6.68. The molecule has 0 bridgehead atoms. The molecule has 1 N–H and O–H groups in total. The molecule has 0 atom stereocenters. The first-order chi connectivity index (χ1) is 14.1. The molecular weight excluding hydrogens is 370 g/mol. The minimum atomic E-state index is -0.193. The highest BCUT2D eigenvalue weighted by Crippen LogP contribution is 2.32. The molecule has 0 saturated carbocycles. The first-order valence-corrected chi connectivity index (χ1v) is 9.43. The van der Waals surface area contributed by atoms with Crippen LogP contribution in [0, 0.1) is 0 Å². The van der Waals surface area contributed by atoms with Crippen molar-refractivity contribution in [2.45, 2.75) is 13.3 Å². The molecule has 1 aliphatic heterocycles. The Bertz CT molecular complexity index is 1060. The quantitative estimate of drug-likeness (QED) is 0.721. The third-order valence-electron chi connectivity index (χ3n) is 4.67. The molecule has 0 radical (unpaired) electrons. The van der Waals surface area contributed by atoms with Crippen LogP contribution in [-0.4, -0.2) is 36.6 Å². The zero-order valence-corrected chi connectivity index (χ0v) is 16.1. The molecule has 3 aromatic rings. The van der Waals surface area contributed by atoms with E-state index in [2.05, 4.69) is 10.3 Å². The van der Waals surface area contributed by atoms with E-state index < -0.39 is 0 Å². The average Bonchev–Trinajstić information content (AvgIpc) is 2.73. The first kappa shape index (κ1) is 18.7. The number of hydrogen-bond donors (Lipinski definition) is 1. The van der Waals surface area contributed by atoms with Crippen molar-refractivity contribution in [3.63, 3.8) is 0 Å². The number of amides is 2. The molecule has 2 aromatic carbocycles. The van der Waals surface area contributed by atoms with Crippen LogP contribution in [0.1, 0.15) is 13.3 Å². The van der Waals surface area contributed by atoms with Gasteiger partial charge in [-0.3, -0.25) is 14.6 Å². The van der Waals surface area contributed by atoms with Crippen LogP contribution in [-0.2, 0) is 9.59 Å². The van der Waals surface area contributed by atoms with E-state index in [4.69, 9.17) is 9.47 Å². The third kappa shape index (κ3) is 4.13. The lowest BCUT2D eigenvalue weighted by atomic mass is 10.1. The van der Waals surface area contributed by atoms with E-state index in [1.54, 1.807) is 29.3 Å². The van der Waals surface area contributed by atoms with Crippen molar-refractivity contribution in [3.8, 4) is 11.5 Å². The smallest absolute Gasteiger partial charge is 0.226 e. The van der Waals surface area contributed by atoms with E-state index in [1.165, 1.54) is 6.92 Å². The zero-order valence-electron chi connectivity index (χ0n) is 16.1. The van der Waals surface area contributed by atoms with E-state index in [0.717, 1.165) is 10.9 Å². The van der Waals surface area contributed by atoms with E-state index in [9.17, 15) is 9.59 Å². The van der Waals surface area contributed by atoms with Crippen molar-refractivity contribution in [1.29, 1.82) is 0 Å². The fourth-order valence-corrected chi connectivity index (χ4v) is 3.31. The number of nitrogens with one attached hydrogen (secondary N) is 1. The molecular formula is C22H21N3O4. The SMILES string of the molecule is CC(=O)N(CCC(=O)Nc1ccc2c(c1)OCCO2)c1cccc2cccnc12. The van der Waals surface area contributed by atoms with Gasteiger partial charge in [0.05, 0.1) is 11.2 Å². The molecule has 2 heterocycles. The van der Waals surface area contributed by atoms with Gasteiger partial charge in [0.2, 0.25) is 11.8 Å². The number of anilines is 2. The molecule has 7 nitrogen and oxygen atoms in total. The van der Waals surface area contributed by atoms with Gasteiger partial charge in [-0.1, -0.05) is 18.2 Å². The number of benzene rings is 2. The number of aromatic nitrogens is 1. The van der Waals surface area contributed by atoms with Crippen LogP contribution in [0.25, 0.3) is 10.9 Å². The molecule has 0 saturated heterocycles. The van der Waals surface area contributed by atoms with Crippen LogP contribution in [0.4, 0.5) is 11.4 Å². The van der Waals surface area contributed by atoms with E-state index in [0.29, 0.717) is 36.1 Å². The largest absolute Gasteiger partial charge is 0.486 e. The van der Waals surface area contributed by atoms with Crippen molar-refractivity contribution >= 4 is 34.1 Å². The summed E-state index contributed by atoms with van der Waals surface area (Å²) in [6, 6.07) is 14.7. The average molecular weight is 391 g/mol. The van der Waals surface area contributed by atoms with Crippen LogP contribution in [0.5, 0.6) is 11.5 Å². The second kappa shape index (κ2) is 8.18. The third-order valence-corrected chi connectivity index (χ3v) is 4.67. The second-order valence-corrected chi connectivity index (χ2v) is 6.68. The minimum Gasteiger partial charge on any atom is -0.486 e. The molecule has 0 spiro atoms. The van der Waals surface area contributed by atoms with Gasteiger partial charge in [-0.15, -0.1) is 0 Å². The summed E-state index contributed by atoms with van der Waals surface area (Å²) in [6.07, 6.45) is 1.84. The van der Waals surface area contributed by atoms with Gasteiger partial charge in [0.1, 0.15) is 13.2 Å². The molecule has 7 heteroatoms. The van der Waals surface area contributed by atoms with Gasteiger partial charge < -0.3 is 19.7 Å². The Morgan fingerprint density at radius 1 is 1.07 bits per heavy atom. The maximum Gasteiger partial charge on any atom is 0.226 e. The zero-order chi connectivity index (χ0) is 20.2. The molecule has 4 rings (SSSR count). The number of pyridine rings is 1. The number of carbonyl (C=O) groups is 2. The van der Waals surface area contributed by atoms with Gasteiger partial charge in [0.25, 0.3) is 0 Å². The molecule has 0 fully saturated rings. The molecule has 148 valence electrons. The lowest BCUT2D eigenvalue weighted by Crippen LogP contribution is -2.32. The van der Waals surface area contributed by atoms with E-state index >= 15 is 0 Å². The highest BCUT2D eigenvalue weighted by atomic mass is 16.6. The van der Waals surface area contributed by atoms with Crippen LogP contribution < -0.4 is 19.7 Å². The van der Waals surface area contributed by atoms with Crippen LogP contribution >= 0.6 is 0 Å². The summed E-state index contributed by atoms with van der Waals surface area (Å²) >= 11 is 0. The van der Waals surface area contributed by atoms with E-state index in [-0.39, 0.29) is 24.8 Å². The topological polar surface area (TPSA) is 80.8 Å².